The topological polar surface area (TPSA) is 109 Å². The number of ether oxygens (including phenoxy) is 1. The molecule has 0 spiro atoms. The van der Waals surface area contributed by atoms with Crippen molar-refractivity contribution in [2.45, 2.75) is 43.7 Å². The van der Waals surface area contributed by atoms with Gasteiger partial charge in [-0.2, -0.15) is 20.1 Å². The zero-order valence-electron chi connectivity index (χ0n) is 13.5. The van der Waals surface area contributed by atoms with Crippen molar-refractivity contribution in [3.05, 3.63) is 17.0 Å². The third-order valence-electron chi connectivity index (χ3n) is 5.01. The first-order valence-corrected chi connectivity index (χ1v) is 8.62. The molecule has 4 heterocycles. The van der Waals surface area contributed by atoms with Gasteiger partial charge in [-0.1, -0.05) is 0 Å². The lowest BCUT2D eigenvalue weighted by atomic mass is 10.0. The number of morpholine rings is 1. The quantitative estimate of drug-likeness (QED) is 0.793. The van der Waals surface area contributed by atoms with E-state index < -0.39 is 5.54 Å². The summed E-state index contributed by atoms with van der Waals surface area (Å²) in [6.07, 6.45) is 2.88. The molecule has 2 N–H and O–H groups in total. The Morgan fingerprint density at radius 1 is 1.40 bits per heavy atom. The van der Waals surface area contributed by atoms with Crippen LogP contribution in [0.15, 0.2) is 6.07 Å². The fraction of sp³-hybridized carbons (Fsp3) is 0.533. The van der Waals surface area contributed by atoms with Gasteiger partial charge in [0.25, 0.3) is 0 Å². The lowest BCUT2D eigenvalue weighted by Crippen LogP contribution is -2.50. The number of esters is 1. The van der Waals surface area contributed by atoms with Crippen LogP contribution < -0.4 is 10.2 Å². The number of rotatable bonds is 4. The number of nitrogens with one attached hydrogen (secondary N) is 2. The van der Waals surface area contributed by atoms with Crippen LogP contribution in [0.1, 0.15) is 37.8 Å². The zero-order valence-corrected chi connectivity index (χ0v) is 14.2. The van der Waals surface area contributed by atoms with Crippen LogP contribution in [0.2, 0.25) is 5.28 Å². The summed E-state index contributed by atoms with van der Waals surface area (Å²) in [6, 6.07) is 1.95. The molecule has 0 radical (unpaired) electrons. The highest BCUT2D eigenvalue weighted by Gasteiger charge is 2.57. The van der Waals surface area contributed by atoms with Crippen molar-refractivity contribution < 1.29 is 9.53 Å². The average molecular weight is 362 g/mol. The molecule has 0 aromatic carbocycles. The summed E-state index contributed by atoms with van der Waals surface area (Å²) in [5.74, 6) is 1.61. The van der Waals surface area contributed by atoms with Gasteiger partial charge in [-0.15, -0.1) is 0 Å². The maximum Gasteiger partial charge on any atom is 0.332 e. The molecule has 2 aromatic heterocycles. The average Bonchev–Trinajstić information content (AvgIpc) is 3.11. The SMILES string of the molecule is C[C@@]12C[C@@H](CN1c1nc(Cl)nc(Nc3cc(C4CC4)[nH]n3)n1)OC2=O. The first-order valence-electron chi connectivity index (χ1n) is 8.24. The second-order valence-electron chi connectivity index (χ2n) is 6.95. The summed E-state index contributed by atoms with van der Waals surface area (Å²) in [4.78, 5) is 26.6. The summed E-state index contributed by atoms with van der Waals surface area (Å²) in [6.45, 7) is 2.39. The van der Waals surface area contributed by atoms with E-state index >= 15 is 0 Å². The number of anilines is 3. The third-order valence-corrected chi connectivity index (χ3v) is 5.18. The van der Waals surface area contributed by atoms with E-state index in [1.807, 2.05) is 17.9 Å². The first-order chi connectivity index (χ1) is 12.0. The second kappa shape index (κ2) is 5.04. The number of H-pyrrole nitrogens is 1. The number of hydrogen-bond acceptors (Lipinski definition) is 8. The van der Waals surface area contributed by atoms with Crippen molar-refractivity contribution in [3.63, 3.8) is 0 Å². The summed E-state index contributed by atoms with van der Waals surface area (Å²) < 4.78 is 5.29. The first kappa shape index (κ1) is 14.9. The van der Waals surface area contributed by atoms with Crippen molar-refractivity contribution in [3.8, 4) is 0 Å². The smallest absolute Gasteiger partial charge is 0.332 e. The van der Waals surface area contributed by atoms with E-state index in [0.717, 1.165) is 5.69 Å². The molecule has 3 aliphatic rings. The predicted molar refractivity (Wildman–Crippen MR) is 88.9 cm³/mol. The number of carbonyl (C=O) groups is 1. The summed E-state index contributed by atoms with van der Waals surface area (Å²) in [7, 11) is 0. The van der Waals surface area contributed by atoms with Crippen LogP contribution in [0.4, 0.5) is 17.7 Å². The molecule has 2 aliphatic heterocycles. The van der Waals surface area contributed by atoms with Crippen LogP contribution in [0.25, 0.3) is 0 Å². The van der Waals surface area contributed by atoms with Crippen LogP contribution in [0, 0.1) is 0 Å². The molecule has 2 atom stereocenters. The minimum absolute atomic E-state index is 0.0604. The van der Waals surface area contributed by atoms with Crippen molar-refractivity contribution in [1.82, 2.24) is 25.1 Å². The lowest BCUT2D eigenvalue weighted by molar-refractivity contribution is -0.147. The van der Waals surface area contributed by atoms with Crippen LogP contribution >= 0.6 is 11.6 Å². The highest BCUT2D eigenvalue weighted by molar-refractivity contribution is 6.28. The molecule has 3 fully saturated rings. The van der Waals surface area contributed by atoms with E-state index in [-0.39, 0.29) is 17.4 Å². The molecule has 10 heteroatoms. The molecule has 130 valence electrons. The van der Waals surface area contributed by atoms with E-state index in [1.165, 1.54) is 12.8 Å². The highest BCUT2D eigenvalue weighted by Crippen LogP contribution is 2.41. The van der Waals surface area contributed by atoms with Crippen molar-refractivity contribution in [2.24, 2.45) is 0 Å². The Morgan fingerprint density at radius 2 is 2.24 bits per heavy atom. The minimum atomic E-state index is -0.752. The minimum Gasteiger partial charge on any atom is -0.459 e. The Hall–Kier alpha value is -2.42. The van der Waals surface area contributed by atoms with Gasteiger partial charge in [0.2, 0.25) is 17.2 Å². The molecule has 0 unspecified atom stereocenters. The van der Waals surface area contributed by atoms with Crippen LogP contribution in [0.5, 0.6) is 0 Å². The van der Waals surface area contributed by atoms with E-state index in [2.05, 4.69) is 30.5 Å². The highest BCUT2D eigenvalue weighted by atomic mass is 35.5. The number of hydrogen-bond donors (Lipinski definition) is 2. The van der Waals surface area contributed by atoms with Gasteiger partial charge in [0.05, 0.1) is 6.54 Å². The van der Waals surface area contributed by atoms with Gasteiger partial charge in [-0.25, -0.2) is 4.79 Å². The van der Waals surface area contributed by atoms with Gasteiger partial charge in [0.1, 0.15) is 11.6 Å². The molecule has 2 aromatic rings. The molecule has 5 rings (SSSR count). The second-order valence-corrected chi connectivity index (χ2v) is 7.29. The molecule has 2 saturated heterocycles. The normalized spacial score (nSPS) is 27.7. The van der Waals surface area contributed by atoms with Gasteiger partial charge >= 0.3 is 5.97 Å². The number of nitrogens with zero attached hydrogens (tertiary/aromatic N) is 5. The van der Waals surface area contributed by atoms with Gasteiger partial charge in [-0.05, 0) is 31.4 Å². The molecule has 1 saturated carbocycles. The largest absolute Gasteiger partial charge is 0.459 e. The van der Waals surface area contributed by atoms with Gasteiger partial charge in [0.15, 0.2) is 5.82 Å². The fourth-order valence-electron chi connectivity index (χ4n) is 3.51. The monoisotopic (exact) mass is 361 g/mol. The van der Waals surface area contributed by atoms with E-state index in [1.54, 1.807) is 0 Å². The predicted octanol–water partition coefficient (Wildman–Crippen LogP) is 1.76. The van der Waals surface area contributed by atoms with Crippen LogP contribution in [-0.2, 0) is 9.53 Å². The fourth-order valence-corrected chi connectivity index (χ4v) is 3.67. The maximum atomic E-state index is 12.1. The Labute approximate surface area is 148 Å². The van der Waals surface area contributed by atoms with E-state index in [9.17, 15) is 4.79 Å². The Morgan fingerprint density at radius 3 is 2.96 bits per heavy atom. The number of aromatic nitrogens is 5. The Balaban J connectivity index is 1.43. The molecular formula is C15H16ClN7O2. The molecule has 2 bridgehead atoms. The maximum absolute atomic E-state index is 12.1. The molecule has 1 aliphatic carbocycles. The van der Waals surface area contributed by atoms with Crippen LogP contribution in [0.3, 0.4) is 0 Å². The molecule has 25 heavy (non-hydrogen) atoms. The van der Waals surface area contributed by atoms with E-state index in [0.29, 0.717) is 36.6 Å². The van der Waals surface area contributed by atoms with Gasteiger partial charge < -0.3 is 15.0 Å². The lowest BCUT2D eigenvalue weighted by Gasteiger charge is -2.33. The molecule has 0 amide bonds. The Kier molecular flexibility index (Phi) is 3.00. The third kappa shape index (κ3) is 2.41. The summed E-state index contributed by atoms with van der Waals surface area (Å²) in [5.41, 5.74) is 0.355. The standard InChI is InChI=1S/C15H16ClN7O2/c1-15-5-8(25-11(15)24)6-23(15)14-19-12(16)18-13(20-14)17-10-4-9(21-22-10)7-2-3-7/h4,7-8H,2-3,5-6H2,1H3,(H2,17,18,19,20,21,22)/t8-,15-/m0/s1. The summed E-state index contributed by atoms with van der Waals surface area (Å²) >= 11 is 6.07. The number of carbonyl (C=O) groups excluding carboxylic acids is 1. The number of halogens is 1. The van der Waals surface area contributed by atoms with E-state index in [4.69, 9.17) is 16.3 Å². The van der Waals surface area contributed by atoms with Gasteiger partial charge in [0, 0.05) is 24.1 Å². The number of aromatic amines is 1. The Bertz CT molecular complexity index is 867. The van der Waals surface area contributed by atoms with Gasteiger partial charge in [-0.3, -0.25) is 5.10 Å². The molecular weight excluding hydrogens is 346 g/mol. The van der Waals surface area contributed by atoms with Crippen molar-refractivity contribution in [1.29, 1.82) is 0 Å². The van der Waals surface area contributed by atoms with Crippen molar-refractivity contribution >= 4 is 35.3 Å². The zero-order chi connectivity index (χ0) is 17.2. The van der Waals surface area contributed by atoms with Crippen molar-refractivity contribution in [2.75, 3.05) is 16.8 Å². The summed E-state index contributed by atoms with van der Waals surface area (Å²) in [5, 5.41) is 10.4. The number of fused-ring (bicyclic) bond motifs is 2. The van der Waals surface area contributed by atoms with Crippen LogP contribution in [-0.4, -0.2) is 49.3 Å². The molecule has 9 nitrogen and oxygen atoms in total.